The minimum atomic E-state index is 0.559. The number of nitrogens with zero attached hydrogens (tertiary/aromatic N) is 2. The van der Waals surface area contributed by atoms with Gasteiger partial charge in [-0.25, -0.2) is 4.99 Å². The second-order valence-corrected chi connectivity index (χ2v) is 7.47. The van der Waals surface area contributed by atoms with Crippen molar-refractivity contribution in [2.75, 3.05) is 53.0 Å². The van der Waals surface area contributed by atoms with E-state index in [9.17, 15) is 0 Å². The fraction of sp³-hybridized carbons (Fsp3) is 0.522. The lowest BCUT2D eigenvalue weighted by molar-refractivity contribution is 0.0376. The molecule has 7 heteroatoms. The first-order valence-corrected chi connectivity index (χ1v) is 10.7. The molecule has 164 valence electrons. The topological polar surface area (TPSA) is 71.3 Å². The van der Waals surface area contributed by atoms with Crippen LogP contribution in [0, 0.1) is 6.92 Å². The molecule has 0 bridgehead atoms. The SMILES string of the molecule is COc1cc(C)ccc1CN=C(NCCCN1CCOCC1)NCCc1ccco1. The van der Waals surface area contributed by atoms with E-state index in [1.54, 1.807) is 13.4 Å². The molecule has 3 rings (SSSR count). The van der Waals surface area contributed by atoms with Gasteiger partial charge in [0.25, 0.3) is 0 Å². The Morgan fingerprint density at radius 1 is 1.17 bits per heavy atom. The van der Waals surface area contributed by atoms with Gasteiger partial charge in [0.05, 0.1) is 33.1 Å². The maximum absolute atomic E-state index is 5.52. The monoisotopic (exact) mass is 414 g/mol. The van der Waals surface area contributed by atoms with Crippen molar-refractivity contribution in [3.8, 4) is 5.75 Å². The number of methoxy groups -OCH3 is 1. The van der Waals surface area contributed by atoms with E-state index in [0.717, 1.165) is 81.8 Å². The Hall–Kier alpha value is -2.51. The first-order chi connectivity index (χ1) is 14.7. The normalized spacial score (nSPS) is 15.2. The summed E-state index contributed by atoms with van der Waals surface area (Å²) in [7, 11) is 1.70. The van der Waals surface area contributed by atoms with Crippen LogP contribution in [0.25, 0.3) is 0 Å². The van der Waals surface area contributed by atoms with Gasteiger partial charge in [0.15, 0.2) is 5.96 Å². The number of aliphatic imine (C=N–C) groups is 1. The van der Waals surface area contributed by atoms with Crippen LogP contribution < -0.4 is 15.4 Å². The Kier molecular flexibility index (Phi) is 9.05. The van der Waals surface area contributed by atoms with Crippen LogP contribution in [-0.2, 0) is 17.7 Å². The van der Waals surface area contributed by atoms with E-state index in [-0.39, 0.29) is 0 Å². The smallest absolute Gasteiger partial charge is 0.191 e. The summed E-state index contributed by atoms with van der Waals surface area (Å²) in [5.74, 6) is 2.65. The number of hydrogen-bond donors (Lipinski definition) is 2. The summed E-state index contributed by atoms with van der Waals surface area (Å²) >= 11 is 0. The fourth-order valence-corrected chi connectivity index (χ4v) is 3.41. The molecule has 7 nitrogen and oxygen atoms in total. The number of hydrogen-bond acceptors (Lipinski definition) is 5. The number of rotatable bonds is 10. The third-order valence-corrected chi connectivity index (χ3v) is 5.14. The number of benzene rings is 1. The van der Waals surface area contributed by atoms with Crippen molar-refractivity contribution in [2.24, 2.45) is 4.99 Å². The molecule has 1 aromatic heterocycles. The molecule has 0 unspecified atom stereocenters. The molecule has 2 aromatic rings. The van der Waals surface area contributed by atoms with Gasteiger partial charge in [-0.3, -0.25) is 4.90 Å². The number of guanidine groups is 1. The van der Waals surface area contributed by atoms with Crippen LogP contribution in [0.5, 0.6) is 5.75 Å². The van der Waals surface area contributed by atoms with Gasteiger partial charge >= 0.3 is 0 Å². The Balaban J connectivity index is 1.52. The Bertz CT molecular complexity index is 771. The zero-order chi connectivity index (χ0) is 21.0. The number of furan rings is 1. The largest absolute Gasteiger partial charge is 0.496 e. The highest BCUT2D eigenvalue weighted by Gasteiger charge is 2.10. The van der Waals surface area contributed by atoms with Crippen molar-refractivity contribution in [1.82, 2.24) is 15.5 Å². The predicted molar refractivity (Wildman–Crippen MR) is 119 cm³/mol. The summed E-state index contributed by atoms with van der Waals surface area (Å²) in [6.07, 6.45) is 3.58. The van der Waals surface area contributed by atoms with E-state index in [0.29, 0.717) is 6.54 Å². The van der Waals surface area contributed by atoms with Crippen LogP contribution in [0.3, 0.4) is 0 Å². The van der Waals surface area contributed by atoms with Crippen molar-refractivity contribution >= 4 is 5.96 Å². The van der Waals surface area contributed by atoms with Crippen LogP contribution in [0.1, 0.15) is 23.3 Å². The molecular formula is C23H34N4O3. The lowest BCUT2D eigenvalue weighted by atomic mass is 10.1. The first kappa shape index (κ1) is 22.2. The highest BCUT2D eigenvalue weighted by Crippen LogP contribution is 2.20. The number of morpholine rings is 1. The first-order valence-electron chi connectivity index (χ1n) is 10.7. The van der Waals surface area contributed by atoms with Crippen molar-refractivity contribution in [3.63, 3.8) is 0 Å². The molecular weight excluding hydrogens is 380 g/mol. The Morgan fingerprint density at radius 3 is 2.77 bits per heavy atom. The van der Waals surface area contributed by atoms with Crippen molar-refractivity contribution in [3.05, 3.63) is 53.5 Å². The molecule has 1 aromatic carbocycles. The molecule has 1 aliphatic heterocycles. The molecule has 2 N–H and O–H groups in total. The Morgan fingerprint density at radius 2 is 2.00 bits per heavy atom. The molecule has 0 spiro atoms. The average Bonchev–Trinajstić information content (AvgIpc) is 3.29. The summed E-state index contributed by atoms with van der Waals surface area (Å²) < 4.78 is 16.4. The van der Waals surface area contributed by atoms with Gasteiger partial charge in [0.1, 0.15) is 11.5 Å². The van der Waals surface area contributed by atoms with E-state index in [1.807, 2.05) is 18.2 Å². The van der Waals surface area contributed by atoms with Gasteiger partial charge in [0, 0.05) is 38.2 Å². The summed E-state index contributed by atoms with van der Waals surface area (Å²) in [6, 6.07) is 10.1. The molecule has 1 saturated heterocycles. The van der Waals surface area contributed by atoms with Gasteiger partial charge in [-0.05, 0) is 43.7 Å². The molecule has 0 saturated carbocycles. The average molecular weight is 415 g/mol. The number of ether oxygens (including phenoxy) is 2. The maximum Gasteiger partial charge on any atom is 0.191 e. The van der Waals surface area contributed by atoms with Gasteiger partial charge in [-0.1, -0.05) is 12.1 Å². The third kappa shape index (κ3) is 7.39. The molecule has 1 fully saturated rings. The highest BCUT2D eigenvalue weighted by atomic mass is 16.5. The van der Waals surface area contributed by atoms with Crippen molar-refractivity contribution < 1.29 is 13.9 Å². The van der Waals surface area contributed by atoms with E-state index in [1.165, 1.54) is 5.56 Å². The van der Waals surface area contributed by atoms with Gasteiger partial charge in [0.2, 0.25) is 0 Å². The zero-order valence-corrected chi connectivity index (χ0v) is 18.2. The molecule has 0 radical (unpaired) electrons. The third-order valence-electron chi connectivity index (χ3n) is 5.14. The minimum Gasteiger partial charge on any atom is -0.496 e. The second-order valence-electron chi connectivity index (χ2n) is 7.47. The maximum atomic E-state index is 5.52. The summed E-state index contributed by atoms with van der Waals surface area (Å²) in [6.45, 7) is 9.05. The lowest BCUT2D eigenvalue weighted by Gasteiger charge is -2.26. The highest BCUT2D eigenvalue weighted by molar-refractivity contribution is 5.79. The molecule has 0 aliphatic carbocycles. The minimum absolute atomic E-state index is 0.559. The van der Waals surface area contributed by atoms with Crippen LogP contribution in [-0.4, -0.2) is 63.9 Å². The van der Waals surface area contributed by atoms with Gasteiger partial charge < -0.3 is 24.5 Å². The van der Waals surface area contributed by atoms with E-state index >= 15 is 0 Å². The van der Waals surface area contributed by atoms with E-state index in [4.69, 9.17) is 18.9 Å². The van der Waals surface area contributed by atoms with Crippen LogP contribution >= 0.6 is 0 Å². The quantitative estimate of drug-likeness (QED) is 0.354. The zero-order valence-electron chi connectivity index (χ0n) is 18.2. The lowest BCUT2D eigenvalue weighted by Crippen LogP contribution is -2.41. The second kappa shape index (κ2) is 12.2. The Labute approximate surface area is 179 Å². The van der Waals surface area contributed by atoms with Gasteiger partial charge in [-0.2, -0.15) is 0 Å². The van der Waals surface area contributed by atoms with Crippen molar-refractivity contribution in [1.29, 1.82) is 0 Å². The van der Waals surface area contributed by atoms with E-state index in [2.05, 4.69) is 34.6 Å². The van der Waals surface area contributed by atoms with Crippen molar-refractivity contribution in [2.45, 2.75) is 26.3 Å². The summed E-state index contributed by atoms with van der Waals surface area (Å²) in [4.78, 5) is 7.23. The summed E-state index contributed by atoms with van der Waals surface area (Å²) in [5, 5.41) is 6.89. The van der Waals surface area contributed by atoms with Crippen LogP contribution in [0.15, 0.2) is 46.0 Å². The molecule has 2 heterocycles. The standard InChI is InChI=1S/C23H34N4O3/c1-19-6-7-20(22(17-19)28-2)18-26-23(25-10-8-21-5-3-14-30-21)24-9-4-11-27-12-15-29-16-13-27/h3,5-7,14,17H,4,8-13,15-16,18H2,1-2H3,(H2,24,25,26). The molecule has 0 amide bonds. The van der Waals surface area contributed by atoms with Crippen LogP contribution in [0.4, 0.5) is 0 Å². The van der Waals surface area contributed by atoms with Crippen LogP contribution in [0.2, 0.25) is 0 Å². The molecule has 0 atom stereocenters. The number of aryl methyl sites for hydroxylation is 1. The molecule has 1 aliphatic rings. The molecule has 30 heavy (non-hydrogen) atoms. The summed E-state index contributed by atoms with van der Waals surface area (Å²) in [5.41, 5.74) is 2.25. The predicted octanol–water partition coefficient (Wildman–Crippen LogP) is 2.60. The number of nitrogens with one attached hydrogen (secondary N) is 2. The van der Waals surface area contributed by atoms with Gasteiger partial charge in [-0.15, -0.1) is 0 Å². The van der Waals surface area contributed by atoms with E-state index < -0.39 is 0 Å². The fourth-order valence-electron chi connectivity index (χ4n) is 3.41.